The molecule has 23 heavy (non-hydrogen) atoms. The number of ether oxygens (including phenoxy) is 1. The molecule has 1 unspecified atom stereocenters. The van der Waals surface area contributed by atoms with Crippen LogP contribution in [-0.4, -0.2) is 73.0 Å². The number of hydrogen-bond donors (Lipinski definition) is 0. The number of rotatable bonds is 2. The van der Waals surface area contributed by atoms with Crippen LogP contribution in [0, 0.1) is 0 Å². The van der Waals surface area contributed by atoms with Gasteiger partial charge in [0.2, 0.25) is 5.91 Å². The molecule has 0 bridgehead atoms. The molecule has 0 aromatic carbocycles. The second-order valence-electron chi connectivity index (χ2n) is 7.34. The monoisotopic (exact) mass is 346 g/mol. The van der Waals surface area contributed by atoms with Crippen molar-refractivity contribution in [3.05, 3.63) is 0 Å². The quantitative estimate of drug-likeness (QED) is 0.746. The summed E-state index contributed by atoms with van der Waals surface area (Å²) in [6.07, 6.45) is 1.30. The molecule has 0 N–H and O–H groups in total. The molecule has 0 saturated carbocycles. The molecular weight excluding hydrogens is 320 g/mol. The van der Waals surface area contributed by atoms with E-state index in [4.69, 9.17) is 4.74 Å². The zero-order chi connectivity index (χ0) is 17.4. The van der Waals surface area contributed by atoms with Gasteiger partial charge in [0.1, 0.15) is 11.6 Å². The van der Waals surface area contributed by atoms with Gasteiger partial charge in [0, 0.05) is 19.6 Å². The summed E-state index contributed by atoms with van der Waals surface area (Å²) in [5.41, 5.74) is -0.612. The van der Waals surface area contributed by atoms with E-state index in [0.29, 0.717) is 19.4 Å². The zero-order valence-electron chi connectivity index (χ0n) is 14.2. The molecule has 0 spiro atoms. The fourth-order valence-corrected chi connectivity index (χ4v) is 4.83. The van der Waals surface area contributed by atoms with Crippen molar-refractivity contribution in [3.8, 4) is 0 Å². The fraction of sp³-hybridized carbons (Fsp3) is 0.867. The first-order chi connectivity index (χ1) is 10.5. The minimum Gasteiger partial charge on any atom is -0.444 e. The fourth-order valence-electron chi connectivity index (χ4n) is 3.06. The molecule has 2 amide bonds. The Morgan fingerprint density at radius 1 is 1.22 bits per heavy atom. The second-order valence-corrected chi connectivity index (χ2v) is 9.57. The van der Waals surface area contributed by atoms with Crippen LogP contribution in [0.3, 0.4) is 0 Å². The normalized spacial score (nSPS) is 27.0. The second kappa shape index (κ2) is 6.30. The topological polar surface area (TPSA) is 84.0 Å². The lowest BCUT2D eigenvalue weighted by Gasteiger charge is -2.32. The molecule has 2 heterocycles. The van der Waals surface area contributed by atoms with Crippen LogP contribution in [0.4, 0.5) is 4.79 Å². The Kier molecular flexibility index (Phi) is 4.94. The predicted octanol–water partition coefficient (Wildman–Crippen LogP) is 1.03. The first-order valence-electron chi connectivity index (χ1n) is 7.97. The van der Waals surface area contributed by atoms with E-state index in [1.165, 1.54) is 9.80 Å². The molecule has 2 saturated heterocycles. The highest BCUT2D eigenvalue weighted by molar-refractivity contribution is 7.91. The van der Waals surface area contributed by atoms with Gasteiger partial charge in [0.25, 0.3) is 0 Å². The number of nitrogens with zero attached hydrogens (tertiary/aromatic N) is 2. The summed E-state index contributed by atoms with van der Waals surface area (Å²) in [6.45, 7) is 5.84. The van der Waals surface area contributed by atoms with Crippen molar-refractivity contribution < 1.29 is 22.7 Å². The Balaban J connectivity index is 2.04. The molecule has 2 atom stereocenters. The summed E-state index contributed by atoms with van der Waals surface area (Å²) in [5.74, 6) is -0.0696. The molecule has 0 aliphatic carbocycles. The SMILES string of the molecule is CN(C(=O)[C@@H]1CCCN1C(=O)OC(C)(C)C)C1CCS(=O)(=O)C1. The molecule has 7 nitrogen and oxygen atoms in total. The Bertz CT molecular complexity index is 581. The van der Waals surface area contributed by atoms with Gasteiger partial charge in [0.15, 0.2) is 9.84 Å². The lowest BCUT2D eigenvalue weighted by molar-refractivity contribution is -0.136. The van der Waals surface area contributed by atoms with Gasteiger partial charge in [-0.1, -0.05) is 0 Å². The highest BCUT2D eigenvalue weighted by atomic mass is 32.2. The summed E-state index contributed by atoms with van der Waals surface area (Å²) < 4.78 is 28.6. The Hall–Kier alpha value is -1.31. The van der Waals surface area contributed by atoms with E-state index in [9.17, 15) is 18.0 Å². The van der Waals surface area contributed by atoms with Gasteiger partial charge >= 0.3 is 6.09 Å². The number of carbonyl (C=O) groups excluding carboxylic acids is 2. The first kappa shape index (κ1) is 18.0. The van der Waals surface area contributed by atoms with Crippen LogP contribution < -0.4 is 0 Å². The van der Waals surface area contributed by atoms with Crippen molar-refractivity contribution in [2.75, 3.05) is 25.1 Å². The van der Waals surface area contributed by atoms with Crippen molar-refractivity contribution in [1.82, 2.24) is 9.80 Å². The van der Waals surface area contributed by atoms with E-state index < -0.39 is 27.6 Å². The Morgan fingerprint density at radius 3 is 2.39 bits per heavy atom. The van der Waals surface area contributed by atoms with Crippen molar-refractivity contribution in [2.45, 2.75) is 57.7 Å². The van der Waals surface area contributed by atoms with E-state index in [1.807, 2.05) is 0 Å². The smallest absolute Gasteiger partial charge is 0.410 e. The van der Waals surface area contributed by atoms with Gasteiger partial charge < -0.3 is 9.64 Å². The average Bonchev–Trinajstić information content (AvgIpc) is 3.01. The molecule has 2 fully saturated rings. The zero-order valence-corrected chi connectivity index (χ0v) is 15.1. The standard InChI is InChI=1S/C15H26N2O5S/c1-15(2,3)22-14(19)17-8-5-6-12(17)13(18)16(4)11-7-9-23(20,21)10-11/h11-12H,5-10H2,1-4H3/t11?,12-/m0/s1. The van der Waals surface area contributed by atoms with Crippen molar-refractivity contribution >= 4 is 21.8 Å². The van der Waals surface area contributed by atoms with Crippen LogP contribution >= 0.6 is 0 Å². The average molecular weight is 346 g/mol. The molecule has 2 aliphatic rings. The van der Waals surface area contributed by atoms with E-state index in [0.717, 1.165) is 6.42 Å². The highest BCUT2D eigenvalue weighted by Crippen LogP contribution is 2.24. The molecule has 2 rings (SSSR count). The third kappa shape index (κ3) is 4.37. The molecule has 2 aliphatic heterocycles. The molecular formula is C15H26N2O5S. The maximum absolute atomic E-state index is 12.7. The lowest BCUT2D eigenvalue weighted by atomic mass is 10.1. The van der Waals surface area contributed by atoms with Gasteiger partial charge in [-0.3, -0.25) is 9.69 Å². The molecule has 8 heteroatoms. The van der Waals surface area contributed by atoms with Crippen LogP contribution in [0.1, 0.15) is 40.0 Å². The number of sulfone groups is 1. The van der Waals surface area contributed by atoms with E-state index in [-0.39, 0.29) is 23.5 Å². The van der Waals surface area contributed by atoms with E-state index in [1.54, 1.807) is 27.8 Å². The lowest BCUT2D eigenvalue weighted by Crippen LogP contribution is -2.50. The summed E-state index contributed by atoms with van der Waals surface area (Å²) >= 11 is 0. The summed E-state index contributed by atoms with van der Waals surface area (Å²) in [6, 6.07) is -0.855. The van der Waals surface area contributed by atoms with Gasteiger partial charge in [-0.25, -0.2) is 13.2 Å². The van der Waals surface area contributed by atoms with Gasteiger partial charge in [0.05, 0.1) is 11.5 Å². The predicted molar refractivity (Wildman–Crippen MR) is 85.8 cm³/mol. The third-order valence-electron chi connectivity index (χ3n) is 4.27. The van der Waals surface area contributed by atoms with Crippen LogP contribution in [0.5, 0.6) is 0 Å². The van der Waals surface area contributed by atoms with Crippen molar-refractivity contribution in [2.24, 2.45) is 0 Å². The van der Waals surface area contributed by atoms with Crippen molar-refractivity contribution in [3.63, 3.8) is 0 Å². The summed E-state index contributed by atoms with van der Waals surface area (Å²) in [7, 11) is -1.43. The van der Waals surface area contributed by atoms with Crippen molar-refractivity contribution in [1.29, 1.82) is 0 Å². The van der Waals surface area contributed by atoms with E-state index >= 15 is 0 Å². The third-order valence-corrected chi connectivity index (χ3v) is 6.02. The number of hydrogen-bond acceptors (Lipinski definition) is 5. The summed E-state index contributed by atoms with van der Waals surface area (Å²) in [5, 5.41) is 0. The minimum absolute atomic E-state index is 0.00833. The maximum atomic E-state index is 12.7. The molecule has 0 radical (unpaired) electrons. The first-order valence-corrected chi connectivity index (χ1v) is 9.79. The number of carbonyl (C=O) groups is 2. The number of amides is 2. The van der Waals surface area contributed by atoms with Gasteiger partial charge in [-0.15, -0.1) is 0 Å². The number of likely N-dealkylation sites (N-methyl/N-ethyl adjacent to an activating group) is 1. The molecule has 0 aromatic rings. The molecule has 132 valence electrons. The molecule has 0 aromatic heterocycles. The van der Waals surface area contributed by atoms with Crippen LogP contribution in [0.25, 0.3) is 0 Å². The van der Waals surface area contributed by atoms with Crippen LogP contribution in [-0.2, 0) is 19.4 Å². The van der Waals surface area contributed by atoms with Gasteiger partial charge in [-0.2, -0.15) is 0 Å². The van der Waals surface area contributed by atoms with Gasteiger partial charge in [-0.05, 0) is 40.0 Å². The highest BCUT2D eigenvalue weighted by Gasteiger charge is 2.41. The Morgan fingerprint density at radius 2 is 1.87 bits per heavy atom. The summed E-state index contributed by atoms with van der Waals surface area (Å²) in [4.78, 5) is 27.9. The Labute approximate surface area is 137 Å². The van der Waals surface area contributed by atoms with E-state index in [2.05, 4.69) is 0 Å². The van der Waals surface area contributed by atoms with Crippen LogP contribution in [0.15, 0.2) is 0 Å². The largest absolute Gasteiger partial charge is 0.444 e. The minimum atomic E-state index is -3.05. The van der Waals surface area contributed by atoms with Crippen LogP contribution in [0.2, 0.25) is 0 Å². The maximum Gasteiger partial charge on any atom is 0.410 e. The number of likely N-dealkylation sites (tertiary alicyclic amines) is 1.